The molecule has 130 valence electrons. The van der Waals surface area contributed by atoms with Gasteiger partial charge < -0.3 is 0 Å². The number of benzene rings is 2. The van der Waals surface area contributed by atoms with Crippen LogP contribution in [0.2, 0.25) is 0 Å². The van der Waals surface area contributed by atoms with Gasteiger partial charge in [-0.25, -0.2) is 0 Å². The van der Waals surface area contributed by atoms with Crippen LogP contribution in [0.4, 0.5) is 0 Å². The summed E-state index contributed by atoms with van der Waals surface area (Å²) < 4.78 is 2.66. The van der Waals surface area contributed by atoms with Crippen LogP contribution in [0.3, 0.4) is 0 Å². The zero-order valence-corrected chi connectivity index (χ0v) is 17.4. The summed E-state index contributed by atoms with van der Waals surface area (Å²) in [5.41, 5.74) is 6.43. The zero-order valence-electron chi connectivity index (χ0n) is 15.7. The van der Waals surface area contributed by atoms with Crippen LogP contribution in [0.5, 0.6) is 0 Å². The quantitative estimate of drug-likeness (QED) is 0.361. The van der Waals surface area contributed by atoms with Crippen molar-refractivity contribution in [1.82, 2.24) is 4.98 Å². The molecule has 2 aromatic heterocycles. The van der Waals surface area contributed by atoms with Crippen molar-refractivity contribution in [3.63, 3.8) is 0 Å². The van der Waals surface area contributed by atoms with Crippen LogP contribution in [0.25, 0.3) is 31.0 Å². The molecule has 0 saturated carbocycles. The van der Waals surface area contributed by atoms with Crippen molar-refractivity contribution >= 4 is 24.3 Å². The first-order valence-corrected chi connectivity index (χ1v) is 10.7. The van der Waals surface area contributed by atoms with Crippen molar-refractivity contribution in [1.29, 1.82) is 0 Å². The normalized spacial score (nSPS) is 11.8. The third kappa shape index (κ3) is 3.40. The van der Waals surface area contributed by atoms with Gasteiger partial charge in [0.2, 0.25) is 0 Å². The van der Waals surface area contributed by atoms with E-state index in [9.17, 15) is 0 Å². The fourth-order valence-corrected chi connectivity index (χ4v) is 5.36. The van der Waals surface area contributed by atoms with E-state index in [1.165, 1.54) is 36.5 Å². The Morgan fingerprint density at radius 2 is 1.58 bits per heavy atom. The van der Waals surface area contributed by atoms with Crippen LogP contribution in [0.1, 0.15) is 31.9 Å². The number of hydrogen-bond acceptors (Lipinski definition) is 1. The summed E-state index contributed by atoms with van der Waals surface area (Å²) in [5.74, 6) is 0. The molecule has 0 saturated heterocycles. The van der Waals surface area contributed by atoms with Crippen LogP contribution in [0.15, 0.2) is 66.7 Å². The minimum absolute atomic E-state index is 0.142. The summed E-state index contributed by atoms with van der Waals surface area (Å²) in [6.45, 7) is 8.97. The summed E-state index contributed by atoms with van der Waals surface area (Å²) in [6.07, 6.45) is 0. The summed E-state index contributed by atoms with van der Waals surface area (Å²) in [6, 6.07) is 24.2. The summed E-state index contributed by atoms with van der Waals surface area (Å²) in [4.78, 5) is 5.04. The van der Waals surface area contributed by atoms with E-state index in [0.29, 0.717) is 0 Å². The Morgan fingerprint density at radius 1 is 0.808 bits per heavy atom. The number of nitrogens with zero attached hydrogens (tertiary/aromatic N) is 1. The van der Waals surface area contributed by atoms with E-state index in [2.05, 4.69) is 94.4 Å². The molecule has 1 nitrogen and oxygen atoms in total. The second-order valence-electron chi connectivity index (χ2n) is 7.91. The molecule has 2 aromatic carbocycles. The first-order valence-electron chi connectivity index (χ1n) is 8.99. The molecule has 0 N–H and O–H groups in total. The summed E-state index contributed by atoms with van der Waals surface area (Å²) in [5, 5.41) is 1.27. The molecule has 0 atom stereocenters. The Bertz CT molecular complexity index is 1070. The Balaban J connectivity index is 1.80. The molecular formula is C24H23NSe. The molecular weight excluding hydrogens is 381 g/mol. The first-order chi connectivity index (χ1) is 12.4. The number of aryl methyl sites for hydroxylation is 1. The maximum absolute atomic E-state index is 5.04. The van der Waals surface area contributed by atoms with E-state index in [4.69, 9.17) is 4.98 Å². The van der Waals surface area contributed by atoms with Gasteiger partial charge in [0.15, 0.2) is 0 Å². The van der Waals surface area contributed by atoms with Gasteiger partial charge in [0.1, 0.15) is 0 Å². The molecule has 0 fully saturated rings. The fraction of sp³-hybridized carbons (Fsp3) is 0.208. The Kier molecular flexibility index (Phi) is 4.34. The van der Waals surface area contributed by atoms with Crippen molar-refractivity contribution in [2.45, 2.75) is 33.1 Å². The Morgan fingerprint density at radius 3 is 2.31 bits per heavy atom. The molecule has 0 aliphatic heterocycles. The molecule has 26 heavy (non-hydrogen) atoms. The van der Waals surface area contributed by atoms with Gasteiger partial charge in [0, 0.05) is 0 Å². The van der Waals surface area contributed by atoms with Gasteiger partial charge in [-0.15, -0.1) is 0 Å². The number of hydrogen-bond donors (Lipinski definition) is 0. The van der Waals surface area contributed by atoms with Crippen LogP contribution in [-0.4, -0.2) is 19.5 Å². The third-order valence-corrected chi connectivity index (χ3v) is 6.98. The SMILES string of the molecule is Cc1cc(-c2ccc3cc(-c4ccccc4)[se]c3n2)cc(C(C)(C)C)c1. The van der Waals surface area contributed by atoms with Crippen LogP contribution in [0, 0.1) is 6.92 Å². The average Bonchev–Trinajstić information content (AvgIpc) is 3.04. The van der Waals surface area contributed by atoms with E-state index < -0.39 is 0 Å². The number of fused-ring (bicyclic) bond motifs is 1. The standard InChI is InChI=1S/C24H23NSe/c1-16-12-19(14-20(13-16)24(2,3)4)21-11-10-18-15-22(26-23(18)25-21)17-8-6-5-7-9-17/h5-15H,1-4H3. The molecule has 0 aliphatic rings. The molecule has 0 amide bonds. The predicted octanol–water partition coefficient (Wildman–Crippen LogP) is 6.23. The minimum atomic E-state index is 0.142. The molecule has 0 radical (unpaired) electrons. The Labute approximate surface area is 161 Å². The van der Waals surface area contributed by atoms with Crippen LogP contribution < -0.4 is 0 Å². The molecule has 4 aromatic rings. The molecule has 4 rings (SSSR count). The molecule has 0 aliphatic carbocycles. The van der Waals surface area contributed by atoms with E-state index >= 15 is 0 Å². The maximum atomic E-state index is 5.04. The van der Waals surface area contributed by atoms with Gasteiger partial charge in [-0.2, -0.15) is 0 Å². The zero-order chi connectivity index (χ0) is 18.3. The average molecular weight is 404 g/mol. The van der Waals surface area contributed by atoms with Gasteiger partial charge in [-0.3, -0.25) is 0 Å². The molecule has 0 unspecified atom stereocenters. The first kappa shape index (κ1) is 17.3. The van der Waals surface area contributed by atoms with Gasteiger partial charge in [0.25, 0.3) is 0 Å². The second kappa shape index (κ2) is 6.54. The van der Waals surface area contributed by atoms with Crippen molar-refractivity contribution in [3.8, 4) is 21.3 Å². The number of aromatic nitrogens is 1. The third-order valence-electron chi connectivity index (χ3n) is 4.68. The summed E-state index contributed by atoms with van der Waals surface area (Å²) >= 11 is 0.267. The molecule has 2 heteroatoms. The van der Waals surface area contributed by atoms with Crippen LogP contribution in [-0.2, 0) is 5.41 Å². The van der Waals surface area contributed by atoms with Crippen molar-refractivity contribution in [2.75, 3.05) is 0 Å². The summed E-state index contributed by atoms with van der Waals surface area (Å²) in [7, 11) is 0. The van der Waals surface area contributed by atoms with Gasteiger partial charge in [-0.05, 0) is 0 Å². The number of rotatable bonds is 2. The topological polar surface area (TPSA) is 12.9 Å². The fourth-order valence-electron chi connectivity index (χ4n) is 3.19. The predicted molar refractivity (Wildman–Crippen MR) is 113 cm³/mol. The van der Waals surface area contributed by atoms with E-state index in [0.717, 1.165) is 5.69 Å². The molecule has 0 spiro atoms. The van der Waals surface area contributed by atoms with Crippen molar-refractivity contribution < 1.29 is 0 Å². The number of pyridine rings is 1. The van der Waals surface area contributed by atoms with Crippen molar-refractivity contribution in [2.24, 2.45) is 0 Å². The molecule has 2 heterocycles. The van der Waals surface area contributed by atoms with Gasteiger partial charge >= 0.3 is 161 Å². The Hall–Kier alpha value is -2.15. The van der Waals surface area contributed by atoms with Crippen LogP contribution >= 0.6 is 0 Å². The van der Waals surface area contributed by atoms with E-state index in [1.807, 2.05) is 0 Å². The van der Waals surface area contributed by atoms with E-state index in [1.54, 1.807) is 0 Å². The monoisotopic (exact) mass is 405 g/mol. The van der Waals surface area contributed by atoms with Crippen molar-refractivity contribution in [3.05, 3.63) is 77.9 Å². The molecule has 0 bridgehead atoms. The van der Waals surface area contributed by atoms with E-state index in [-0.39, 0.29) is 19.9 Å². The second-order valence-corrected chi connectivity index (χ2v) is 10.1. The van der Waals surface area contributed by atoms with Gasteiger partial charge in [0.05, 0.1) is 0 Å². The van der Waals surface area contributed by atoms with Gasteiger partial charge in [-0.1, -0.05) is 0 Å².